The van der Waals surface area contributed by atoms with Gasteiger partial charge in [-0.2, -0.15) is 0 Å². The Bertz CT molecular complexity index is 1240. The van der Waals surface area contributed by atoms with Crippen molar-refractivity contribution in [3.63, 3.8) is 0 Å². The number of hydrogen-bond donors (Lipinski definition) is 1. The minimum Gasteiger partial charge on any atom is -0.489 e. The van der Waals surface area contributed by atoms with Crippen molar-refractivity contribution < 1.29 is 23.4 Å². The third-order valence-electron chi connectivity index (χ3n) is 6.07. The number of anilines is 2. The number of aryl methyl sites for hydroxylation is 2. The molecular weight excluding hydrogens is 439 g/mol. The molecule has 1 aromatic carbocycles. The molecule has 2 amide bonds. The number of halogens is 1. The lowest BCUT2D eigenvalue weighted by Crippen LogP contribution is -2.39. The highest BCUT2D eigenvalue weighted by molar-refractivity contribution is 6.05. The minimum absolute atomic E-state index is 0.269. The summed E-state index contributed by atoms with van der Waals surface area (Å²) in [6.45, 7) is 3.09. The predicted molar refractivity (Wildman–Crippen MR) is 124 cm³/mol. The molecule has 0 aliphatic carbocycles. The normalized spacial score (nSPS) is 16.9. The molecule has 1 N–H and O–H groups in total. The third-order valence-corrected chi connectivity index (χ3v) is 6.07. The van der Waals surface area contributed by atoms with Crippen LogP contribution in [0.3, 0.4) is 0 Å². The minimum atomic E-state index is -0.480. The topological polar surface area (TPSA) is 85.8 Å². The van der Waals surface area contributed by atoms with E-state index in [-0.39, 0.29) is 11.8 Å². The molecule has 0 spiro atoms. The van der Waals surface area contributed by atoms with E-state index in [1.807, 2.05) is 19.1 Å². The molecule has 34 heavy (non-hydrogen) atoms. The fourth-order valence-electron chi connectivity index (χ4n) is 4.36. The van der Waals surface area contributed by atoms with Gasteiger partial charge in [0.1, 0.15) is 35.7 Å². The van der Waals surface area contributed by atoms with E-state index in [0.29, 0.717) is 54.7 Å². The van der Waals surface area contributed by atoms with Crippen LogP contribution in [0.1, 0.15) is 34.9 Å². The van der Waals surface area contributed by atoms with E-state index >= 15 is 0 Å². The zero-order valence-corrected chi connectivity index (χ0v) is 19.0. The van der Waals surface area contributed by atoms with Gasteiger partial charge in [0.25, 0.3) is 0 Å². The maximum Gasteiger partial charge on any atom is 0.326 e. The zero-order valence-electron chi connectivity index (χ0n) is 19.0. The van der Waals surface area contributed by atoms with Crippen LogP contribution in [-0.4, -0.2) is 36.3 Å². The van der Waals surface area contributed by atoms with Crippen LogP contribution in [0.25, 0.3) is 0 Å². The molecule has 3 aromatic rings. The number of amides is 2. The van der Waals surface area contributed by atoms with Gasteiger partial charge in [-0.1, -0.05) is 6.07 Å². The van der Waals surface area contributed by atoms with Crippen molar-refractivity contribution in [2.24, 2.45) is 0 Å². The van der Waals surface area contributed by atoms with Crippen LogP contribution >= 0.6 is 0 Å². The van der Waals surface area contributed by atoms with E-state index in [2.05, 4.69) is 15.3 Å². The average Bonchev–Trinajstić information content (AvgIpc) is 2.84. The highest BCUT2D eigenvalue weighted by Crippen LogP contribution is 2.41. The molecular formula is C25H25FN4O4. The van der Waals surface area contributed by atoms with Crippen LogP contribution in [0.4, 0.5) is 20.6 Å². The molecule has 2 aromatic heterocycles. The second-order valence-electron chi connectivity index (χ2n) is 8.28. The molecule has 0 bridgehead atoms. The summed E-state index contributed by atoms with van der Waals surface area (Å²) < 4.78 is 31.4. The van der Waals surface area contributed by atoms with Crippen LogP contribution in [0.15, 0.2) is 42.9 Å². The second kappa shape index (κ2) is 9.26. The first kappa shape index (κ1) is 22.1. The van der Waals surface area contributed by atoms with E-state index in [1.54, 1.807) is 36.7 Å². The lowest BCUT2D eigenvalue weighted by molar-refractivity contribution is 0.145. The Hall–Kier alpha value is -3.72. The third kappa shape index (κ3) is 4.14. The number of urea groups is 1. The number of nitrogens with zero attached hydrogens (tertiary/aromatic N) is 3. The molecule has 176 valence electrons. The first-order chi connectivity index (χ1) is 16.5. The summed E-state index contributed by atoms with van der Waals surface area (Å²) in [4.78, 5) is 23.0. The fraction of sp³-hybridized carbons (Fsp3) is 0.320. The van der Waals surface area contributed by atoms with E-state index in [1.165, 1.54) is 6.07 Å². The zero-order chi connectivity index (χ0) is 23.7. The Morgan fingerprint density at radius 1 is 1.29 bits per heavy atom. The summed E-state index contributed by atoms with van der Waals surface area (Å²) >= 11 is 0. The fourth-order valence-corrected chi connectivity index (χ4v) is 4.36. The number of nitrogens with one attached hydrogen (secondary N) is 1. The van der Waals surface area contributed by atoms with Gasteiger partial charge in [0.2, 0.25) is 0 Å². The van der Waals surface area contributed by atoms with Crippen LogP contribution < -0.4 is 19.7 Å². The van der Waals surface area contributed by atoms with Gasteiger partial charge in [0, 0.05) is 24.9 Å². The van der Waals surface area contributed by atoms with Crippen LogP contribution in [0.5, 0.6) is 11.5 Å². The van der Waals surface area contributed by atoms with Crippen LogP contribution in [0, 0.1) is 12.7 Å². The molecule has 0 fully saturated rings. The first-order valence-corrected chi connectivity index (χ1v) is 11.1. The van der Waals surface area contributed by atoms with Gasteiger partial charge >= 0.3 is 6.03 Å². The van der Waals surface area contributed by atoms with Gasteiger partial charge in [-0.25, -0.2) is 9.18 Å². The number of rotatable bonds is 6. The smallest absolute Gasteiger partial charge is 0.326 e. The summed E-state index contributed by atoms with van der Waals surface area (Å²) in [6.07, 6.45) is 5.70. The summed E-state index contributed by atoms with van der Waals surface area (Å²) in [5, 5.41) is 2.90. The van der Waals surface area contributed by atoms with Gasteiger partial charge < -0.3 is 19.5 Å². The van der Waals surface area contributed by atoms with E-state index in [0.717, 1.165) is 23.1 Å². The maximum absolute atomic E-state index is 14.3. The standard InChI is InChI=1S/C25H25FN4O4/c1-15-10-16-5-6-21(24-18(26)4-3-7-28-24)34-22(16)11-20(15)30-14-17-19(29-25(30)31)12-27-13-23(17)33-9-8-32-2/h3-4,7,10-13,21H,5-6,8-9,14H2,1-2H3,(H,29,31). The van der Waals surface area contributed by atoms with E-state index in [4.69, 9.17) is 14.2 Å². The average molecular weight is 464 g/mol. The summed E-state index contributed by atoms with van der Waals surface area (Å²) in [6, 6.07) is 6.57. The summed E-state index contributed by atoms with van der Waals surface area (Å²) in [5.74, 6) is 0.841. The highest BCUT2D eigenvalue weighted by atomic mass is 19.1. The van der Waals surface area contributed by atoms with Gasteiger partial charge in [0.15, 0.2) is 0 Å². The van der Waals surface area contributed by atoms with Crippen molar-refractivity contribution in [1.82, 2.24) is 9.97 Å². The number of fused-ring (bicyclic) bond motifs is 2. The molecule has 0 saturated heterocycles. The largest absolute Gasteiger partial charge is 0.489 e. The molecule has 1 atom stereocenters. The number of pyridine rings is 2. The monoisotopic (exact) mass is 464 g/mol. The highest BCUT2D eigenvalue weighted by Gasteiger charge is 2.31. The Morgan fingerprint density at radius 3 is 3.00 bits per heavy atom. The molecule has 8 nitrogen and oxygen atoms in total. The Kier molecular flexibility index (Phi) is 6.02. The van der Waals surface area contributed by atoms with Gasteiger partial charge in [-0.05, 0) is 43.0 Å². The number of ether oxygens (including phenoxy) is 3. The van der Waals surface area contributed by atoms with Crippen LogP contribution in [0.2, 0.25) is 0 Å². The first-order valence-electron chi connectivity index (χ1n) is 11.1. The number of methoxy groups -OCH3 is 1. The van der Waals surface area contributed by atoms with Gasteiger partial charge in [-0.15, -0.1) is 0 Å². The van der Waals surface area contributed by atoms with E-state index in [9.17, 15) is 9.18 Å². The van der Waals surface area contributed by atoms with E-state index < -0.39 is 6.10 Å². The van der Waals surface area contributed by atoms with Gasteiger partial charge in [0.05, 0.1) is 36.9 Å². The molecule has 0 saturated carbocycles. The van der Waals surface area contributed by atoms with Crippen molar-refractivity contribution in [3.05, 3.63) is 71.1 Å². The van der Waals surface area contributed by atoms with Crippen LogP contribution in [-0.2, 0) is 17.7 Å². The van der Waals surface area contributed by atoms with Crippen molar-refractivity contribution in [1.29, 1.82) is 0 Å². The Balaban J connectivity index is 1.45. The Morgan fingerprint density at radius 2 is 2.18 bits per heavy atom. The second-order valence-corrected chi connectivity index (χ2v) is 8.28. The molecule has 9 heteroatoms. The molecule has 0 radical (unpaired) electrons. The molecule has 1 unspecified atom stereocenters. The Labute approximate surface area is 196 Å². The number of carbonyl (C=O) groups is 1. The number of hydrogen-bond acceptors (Lipinski definition) is 6. The maximum atomic E-state index is 14.3. The SMILES string of the molecule is COCCOc1cncc2c1CN(c1cc3c(cc1C)CCC(c1ncccc1F)O3)C(=O)N2. The summed E-state index contributed by atoms with van der Waals surface area (Å²) in [5.41, 5.74) is 4.43. The molecule has 2 aliphatic rings. The lowest BCUT2D eigenvalue weighted by atomic mass is 9.97. The molecule has 2 aliphatic heterocycles. The van der Waals surface area contributed by atoms with Gasteiger partial charge in [-0.3, -0.25) is 14.9 Å². The van der Waals surface area contributed by atoms with Crippen molar-refractivity contribution in [2.45, 2.75) is 32.4 Å². The van der Waals surface area contributed by atoms with Crippen molar-refractivity contribution in [2.75, 3.05) is 30.5 Å². The molecule has 4 heterocycles. The summed E-state index contributed by atoms with van der Waals surface area (Å²) in [7, 11) is 1.61. The molecule has 5 rings (SSSR count). The number of aromatic nitrogens is 2. The predicted octanol–water partition coefficient (Wildman–Crippen LogP) is 4.57. The number of benzene rings is 1. The number of carbonyl (C=O) groups excluding carboxylic acids is 1. The van der Waals surface area contributed by atoms with Crippen molar-refractivity contribution >= 4 is 17.4 Å². The van der Waals surface area contributed by atoms with Crippen molar-refractivity contribution in [3.8, 4) is 11.5 Å². The quantitative estimate of drug-likeness (QED) is 0.538. The lowest BCUT2D eigenvalue weighted by Gasteiger charge is -2.33.